The van der Waals surface area contributed by atoms with Crippen LogP contribution in [0.15, 0.2) is 30.3 Å². The molecule has 0 aliphatic carbocycles. The molecule has 17 heavy (non-hydrogen) atoms. The smallest absolute Gasteiger partial charge is 0.159 e. The molecule has 0 aliphatic heterocycles. The van der Waals surface area contributed by atoms with Crippen LogP contribution in [0.4, 0.5) is 0 Å². The van der Waals surface area contributed by atoms with Crippen LogP contribution in [-0.2, 0) is 4.79 Å². The lowest BCUT2D eigenvalue weighted by Gasteiger charge is -2.13. The van der Waals surface area contributed by atoms with Crippen molar-refractivity contribution in [3.05, 3.63) is 41.5 Å². The second kappa shape index (κ2) is 6.36. The van der Waals surface area contributed by atoms with Gasteiger partial charge < -0.3 is 4.90 Å². The van der Waals surface area contributed by atoms with Gasteiger partial charge in [-0.05, 0) is 32.7 Å². The molecule has 1 rings (SSSR count). The summed E-state index contributed by atoms with van der Waals surface area (Å²) in [6.07, 6.45) is 3.56. The predicted octanol–water partition coefficient (Wildman–Crippen LogP) is 2.78. The Morgan fingerprint density at radius 1 is 1.29 bits per heavy atom. The lowest BCUT2D eigenvalue weighted by molar-refractivity contribution is -0.118. The summed E-state index contributed by atoms with van der Waals surface area (Å²) in [7, 11) is 3.96. The summed E-state index contributed by atoms with van der Waals surface area (Å²) in [6.45, 7) is 4.80. The van der Waals surface area contributed by atoms with E-state index in [-0.39, 0.29) is 11.7 Å². The normalized spacial score (nSPS) is 13.2. The van der Waals surface area contributed by atoms with Crippen LogP contribution in [0.25, 0.3) is 6.08 Å². The Kier molecular flexibility index (Phi) is 5.11. The zero-order valence-corrected chi connectivity index (χ0v) is 11.1. The lowest BCUT2D eigenvalue weighted by Crippen LogP contribution is -2.24. The summed E-state index contributed by atoms with van der Waals surface area (Å²) < 4.78 is 0. The maximum atomic E-state index is 11.8. The fourth-order valence-electron chi connectivity index (χ4n) is 1.66. The number of aryl methyl sites for hydroxylation is 1. The lowest BCUT2D eigenvalue weighted by atomic mass is 10.0. The van der Waals surface area contributed by atoms with E-state index in [1.807, 2.05) is 56.3 Å². The quantitative estimate of drug-likeness (QED) is 0.726. The van der Waals surface area contributed by atoms with Gasteiger partial charge in [0.05, 0.1) is 0 Å². The summed E-state index contributed by atoms with van der Waals surface area (Å²) in [5.74, 6) is 0.228. The average molecular weight is 231 g/mol. The Bertz CT molecular complexity index is 390. The second-order valence-electron chi connectivity index (χ2n) is 4.81. The molecule has 2 nitrogen and oxygen atoms in total. The minimum absolute atomic E-state index is 0.0479. The molecule has 1 atom stereocenters. The van der Waals surface area contributed by atoms with E-state index in [2.05, 4.69) is 6.92 Å². The number of carbonyl (C=O) groups is 1. The molecule has 0 saturated heterocycles. The highest BCUT2D eigenvalue weighted by atomic mass is 16.1. The molecular weight excluding hydrogens is 210 g/mol. The molecule has 0 aliphatic rings. The van der Waals surface area contributed by atoms with Crippen LogP contribution in [0, 0.1) is 12.8 Å². The highest BCUT2D eigenvalue weighted by molar-refractivity contribution is 5.95. The van der Waals surface area contributed by atoms with Crippen molar-refractivity contribution in [2.24, 2.45) is 5.92 Å². The van der Waals surface area contributed by atoms with Gasteiger partial charge in [-0.25, -0.2) is 0 Å². The van der Waals surface area contributed by atoms with Crippen LogP contribution in [0.3, 0.4) is 0 Å². The van der Waals surface area contributed by atoms with Crippen molar-refractivity contribution in [3.8, 4) is 0 Å². The molecule has 0 unspecified atom stereocenters. The van der Waals surface area contributed by atoms with E-state index in [1.165, 1.54) is 5.56 Å². The standard InChI is InChI=1S/C15H21NO/c1-12-5-7-14(8-6-12)9-10-15(17)13(2)11-16(3)4/h5-10,13H,11H2,1-4H3/b10-9+/t13-/m0/s1. The van der Waals surface area contributed by atoms with Crippen molar-refractivity contribution in [1.29, 1.82) is 0 Å². The van der Waals surface area contributed by atoms with Crippen molar-refractivity contribution in [3.63, 3.8) is 0 Å². The number of benzene rings is 1. The van der Waals surface area contributed by atoms with E-state index in [1.54, 1.807) is 6.08 Å². The molecule has 0 aromatic heterocycles. The molecule has 0 spiro atoms. The number of ketones is 1. The molecule has 0 radical (unpaired) electrons. The van der Waals surface area contributed by atoms with Crippen LogP contribution in [0.5, 0.6) is 0 Å². The van der Waals surface area contributed by atoms with Gasteiger partial charge in [0.25, 0.3) is 0 Å². The highest BCUT2D eigenvalue weighted by Gasteiger charge is 2.10. The van der Waals surface area contributed by atoms with Crippen LogP contribution < -0.4 is 0 Å². The average Bonchev–Trinajstić information content (AvgIpc) is 2.27. The molecule has 0 N–H and O–H groups in total. The first kappa shape index (κ1) is 13.7. The van der Waals surface area contributed by atoms with Gasteiger partial charge >= 0.3 is 0 Å². The zero-order valence-electron chi connectivity index (χ0n) is 11.1. The fraction of sp³-hybridized carbons (Fsp3) is 0.400. The molecule has 0 saturated carbocycles. The van der Waals surface area contributed by atoms with Crippen LogP contribution in [-0.4, -0.2) is 31.3 Å². The number of hydrogen-bond donors (Lipinski definition) is 0. The summed E-state index contributed by atoms with van der Waals surface area (Å²) in [5.41, 5.74) is 2.30. The largest absolute Gasteiger partial charge is 0.309 e. The van der Waals surface area contributed by atoms with E-state index in [0.29, 0.717) is 0 Å². The van der Waals surface area contributed by atoms with Gasteiger partial charge in [-0.1, -0.05) is 42.8 Å². The van der Waals surface area contributed by atoms with Crippen molar-refractivity contribution in [1.82, 2.24) is 4.90 Å². The molecule has 0 fully saturated rings. The summed E-state index contributed by atoms with van der Waals surface area (Å²) in [6, 6.07) is 8.15. The summed E-state index contributed by atoms with van der Waals surface area (Å²) >= 11 is 0. The monoisotopic (exact) mass is 231 g/mol. The van der Waals surface area contributed by atoms with Crippen LogP contribution in [0.1, 0.15) is 18.1 Å². The summed E-state index contributed by atoms with van der Waals surface area (Å²) in [4.78, 5) is 13.8. The predicted molar refractivity (Wildman–Crippen MR) is 72.9 cm³/mol. The maximum Gasteiger partial charge on any atom is 0.159 e. The zero-order chi connectivity index (χ0) is 12.8. The van der Waals surface area contributed by atoms with Crippen molar-refractivity contribution >= 4 is 11.9 Å². The molecule has 2 heteroatoms. The highest BCUT2D eigenvalue weighted by Crippen LogP contribution is 2.07. The SMILES string of the molecule is Cc1ccc(/C=C/C(=O)[C@@H](C)CN(C)C)cc1. The molecule has 0 bridgehead atoms. The molecule has 1 aromatic rings. The van der Waals surface area contributed by atoms with E-state index in [4.69, 9.17) is 0 Å². The van der Waals surface area contributed by atoms with Crippen molar-refractivity contribution in [2.45, 2.75) is 13.8 Å². The minimum atomic E-state index is 0.0479. The Morgan fingerprint density at radius 3 is 2.41 bits per heavy atom. The minimum Gasteiger partial charge on any atom is -0.309 e. The number of nitrogens with zero attached hydrogens (tertiary/aromatic N) is 1. The van der Waals surface area contributed by atoms with Gasteiger partial charge in [0.2, 0.25) is 0 Å². The van der Waals surface area contributed by atoms with Gasteiger partial charge in [0.15, 0.2) is 5.78 Å². The molecule has 92 valence electrons. The molecule has 0 heterocycles. The second-order valence-corrected chi connectivity index (χ2v) is 4.81. The Labute approximate surface area is 104 Å². The van der Waals surface area contributed by atoms with Gasteiger partial charge in [0.1, 0.15) is 0 Å². The number of allylic oxidation sites excluding steroid dienone is 1. The van der Waals surface area contributed by atoms with E-state index in [0.717, 1.165) is 12.1 Å². The van der Waals surface area contributed by atoms with Crippen molar-refractivity contribution in [2.75, 3.05) is 20.6 Å². The first-order valence-corrected chi connectivity index (χ1v) is 5.92. The number of carbonyl (C=O) groups excluding carboxylic acids is 1. The molecule has 1 aromatic carbocycles. The van der Waals surface area contributed by atoms with Gasteiger partial charge in [0, 0.05) is 12.5 Å². The maximum absolute atomic E-state index is 11.8. The topological polar surface area (TPSA) is 20.3 Å². The Morgan fingerprint density at radius 2 is 1.88 bits per heavy atom. The first-order chi connectivity index (χ1) is 7.99. The van der Waals surface area contributed by atoms with E-state index < -0.39 is 0 Å². The van der Waals surface area contributed by atoms with Gasteiger partial charge in [-0.3, -0.25) is 4.79 Å². The number of hydrogen-bond acceptors (Lipinski definition) is 2. The van der Waals surface area contributed by atoms with Crippen molar-refractivity contribution < 1.29 is 4.79 Å². The fourth-order valence-corrected chi connectivity index (χ4v) is 1.66. The molecule has 0 amide bonds. The van der Waals surface area contributed by atoms with Gasteiger partial charge in [-0.15, -0.1) is 0 Å². The van der Waals surface area contributed by atoms with Crippen LogP contribution >= 0.6 is 0 Å². The summed E-state index contributed by atoms with van der Waals surface area (Å²) in [5, 5.41) is 0. The Hall–Kier alpha value is -1.41. The van der Waals surface area contributed by atoms with E-state index in [9.17, 15) is 4.79 Å². The van der Waals surface area contributed by atoms with Crippen LogP contribution in [0.2, 0.25) is 0 Å². The molecular formula is C15H21NO. The third-order valence-corrected chi connectivity index (χ3v) is 2.64. The third kappa shape index (κ3) is 4.96. The first-order valence-electron chi connectivity index (χ1n) is 5.92. The van der Waals surface area contributed by atoms with Gasteiger partial charge in [-0.2, -0.15) is 0 Å². The third-order valence-electron chi connectivity index (χ3n) is 2.64. The number of rotatable bonds is 5. The Balaban J connectivity index is 2.58. The van der Waals surface area contributed by atoms with E-state index >= 15 is 0 Å².